The van der Waals surface area contributed by atoms with Gasteiger partial charge >= 0.3 is 0 Å². The normalized spacial score (nSPS) is 12.0. The molecule has 0 heterocycles. The average molecular weight is 288 g/mol. The van der Waals surface area contributed by atoms with Crippen LogP contribution in [0.15, 0.2) is 48.5 Å². The SMILES string of the molecule is CCOc1ccc(C(=O)CC(O)c2ccc(F)cc2)cc1. The van der Waals surface area contributed by atoms with Gasteiger partial charge in [-0.2, -0.15) is 0 Å². The van der Waals surface area contributed by atoms with Crippen LogP contribution in [-0.4, -0.2) is 17.5 Å². The standard InChI is InChI=1S/C17H17FO3/c1-2-21-15-9-5-13(6-10-15)17(20)11-16(19)12-3-7-14(18)8-4-12/h3-10,16,19H,2,11H2,1H3. The van der Waals surface area contributed by atoms with Gasteiger partial charge in [-0.1, -0.05) is 12.1 Å². The van der Waals surface area contributed by atoms with E-state index in [1.807, 2.05) is 6.92 Å². The Morgan fingerprint density at radius 3 is 2.33 bits per heavy atom. The molecule has 3 nitrogen and oxygen atoms in total. The van der Waals surface area contributed by atoms with Crippen molar-refractivity contribution in [2.45, 2.75) is 19.4 Å². The zero-order valence-electron chi connectivity index (χ0n) is 11.8. The third-order valence-electron chi connectivity index (χ3n) is 3.12. The molecule has 0 spiro atoms. The Bertz CT molecular complexity index is 590. The number of aliphatic hydroxyl groups excluding tert-OH is 1. The van der Waals surface area contributed by atoms with Crippen molar-refractivity contribution in [1.29, 1.82) is 0 Å². The topological polar surface area (TPSA) is 46.5 Å². The second-order valence-electron chi connectivity index (χ2n) is 4.65. The molecular weight excluding hydrogens is 271 g/mol. The van der Waals surface area contributed by atoms with Gasteiger partial charge in [0.1, 0.15) is 11.6 Å². The lowest BCUT2D eigenvalue weighted by atomic mass is 10.0. The van der Waals surface area contributed by atoms with Gasteiger partial charge in [-0.3, -0.25) is 4.79 Å². The van der Waals surface area contributed by atoms with Crippen molar-refractivity contribution in [2.75, 3.05) is 6.61 Å². The van der Waals surface area contributed by atoms with Crippen molar-refractivity contribution >= 4 is 5.78 Å². The quantitative estimate of drug-likeness (QED) is 0.827. The molecule has 4 heteroatoms. The van der Waals surface area contributed by atoms with E-state index < -0.39 is 6.10 Å². The van der Waals surface area contributed by atoms with E-state index in [1.165, 1.54) is 24.3 Å². The summed E-state index contributed by atoms with van der Waals surface area (Å²) in [5, 5.41) is 10.0. The summed E-state index contributed by atoms with van der Waals surface area (Å²) in [6.45, 7) is 2.45. The van der Waals surface area contributed by atoms with Crippen LogP contribution in [-0.2, 0) is 0 Å². The molecule has 0 bridgehead atoms. The fourth-order valence-electron chi connectivity index (χ4n) is 2.00. The Kier molecular flexibility index (Phi) is 5.06. The van der Waals surface area contributed by atoms with E-state index in [0.29, 0.717) is 23.5 Å². The molecule has 0 amide bonds. The second-order valence-corrected chi connectivity index (χ2v) is 4.65. The first-order valence-corrected chi connectivity index (χ1v) is 6.79. The molecule has 1 atom stereocenters. The Balaban J connectivity index is 2.01. The maximum absolute atomic E-state index is 12.8. The number of ketones is 1. The molecule has 0 aliphatic carbocycles. The molecule has 21 heavy (non-hydrogen) atoms. The molecule has 1 unspecified atom stereocenters. The summed E-state index contributed by atoms with van der Waals surface area (Å²) < 4.78 is 18.1. The van der Waals surface area contributed by atoms with Crippen LogP contribution in [0.1, 0.15) is 35.4 Å². The second kappa shape index (κ2) is 6.99. The largest absolute Gasteiger partial charge is 0.494 e. The fraction of sp³-hybridized carbons (Fsp3) is 0.235. The number of ether oxygens (including phenoxy) is 1. The van der Waals surface area contributed by atoms with Gasteiger partial charge < -0.3 is 9.84 Å². The summed E-state index contributed by atoms with van der Waals surface area (Å²) in [5.74, 6) is 0.159. The van der Waals surface area contributed by atoms with Gasteiger partial charge in [0.2, 0.25) is 0 Å². The first-order valence-electron chi connectivity index (χ1n) is 6.79. The Labute approximate surface area is 123 Å². The van der Waals surface area contributed by atoms with Crippen LogP contribution in [0.3, 0.4) is 0 Å². The van der Waals surface area contributed by atoms with E-state index in [0.717, 1.165) is 0 Å². The van der Waals surface area contributed by atoms with Gasteiger partial charge in [-0.15, -0.1) is 0 Å². The summed E-state index contributed by atoms with van der Waals surface area (Å²) in [7, 11) is 0. The van der Waals surface area contributed by atoms with Crippen LogP contribution in [0.25, 0.3) is 0 Å². The van der Waals surface area contributed by atoms with Crippen molar-refractivity contribution in [3.63, 3.8) is 0 Å². The first kappa shape index (κ1) is 15.2. The van der Waals surface area contributed by atoms with E-state index in [1.54, 1.807) is 24.3 Å². The monoisotopic (exact) mass is 288 g/mol. The molecule has 2 rings (SSSR count). The van der Waals surface area contributed by atoms with E-state index in [-0.39, 0.29) is 18.0 Å². The molecule has 1 N–H and O–H groups in total. The third-order valence-corrected chi connectivity index (χ3v) is 3.12. The summed E-state index contributed by atoms with van der Waals surface area (Å²) in [4.78, 5) is 12.1. The highest BCUT2D eigenvalue weighted by Crippen LogP contribution is 2.20. The Morgan fingerprint density at radius 2 is 1.76 bits per heavy atom. The molecule has 0 radical (unpaired) electrons. The summed E-state index contributed by atoms with van der Waals surface area (Å²) >= 11 is 0. The summed E-state index contributed by atoms with van der Waals surface area (Å²) in [5.41, 5.74) is 1.04. The number of hydrogen-bond acceptors (Lipinski definition) is 3. The number of hydrogen-bond donors (Lipinski definition) is 1. The molecular formula is C17H17FO3. The molecule has 110 valence electrons. The zero-order valence-corrected chi connectivity index (χ0v) is 11.8. The minimum absolute atomic E-state index is 0.0420. The highest BCUT2D eigenvalue weighted by molar-refractivity contribution is 5.96. The number of carbonyl (C=O) groups is 1. The summed E-state index contributed by atoms with van der Waals surface area (Å²) in [6.07, 6.45) is -0.982. The van der Waals surface area contributed by atoms with Crippen LogP contribution < -0.4 is 4.74 Å². The smallest absolute Gasteiger partial charge is 0.165 e. The van der Waals surface area contributed by atoms with Crippen molar-refractivity contribution < 1.29 is 19.0 Å². The van der Waals surface area contributed by atoms with Crippen LogP contribution in [0.2, 0.25) is 0 Å². The van der Waals surface area contributed by atoms with Gasteiger partial charge in [-0.05, 0) is 48.9 Å². The fourth-order valence-corrected chi connectivity index (χ4v) is 2.00. The van der Waals surface area contributed by atoms with Crippen molar-refractivity contribution in [1.82, 2.24) is 0 Å². The molecule has 0 fully saturated rings. The van der Waals surface area contributed by atoms with Gasteiger partial charge in [-0.25, -0.2) is 4.39 Å². The van der Waals surface area contributed by atoms with Crippen molar-refractivity contribution in [3.05, 3.63) is 65.5 Å². The van der Waals surface area contributed by atoms with Gasteiger partial charge in [0.25, 0.3) is 0 Å². The summed E-state index contributed by atoms with van der Waals surface area (Å²) in [6, 6.07) is 12.3. The van der Waals surface area contributed by atoms with Crippen LogP contribution in [0.5, 0.6) is 5.75 Å². The lowest BCUT2D eigenvalue weighted by molar-refractivity contribution is 0.0880. The van der Waals surface area contributed by atoms with E-state index >= 15 is 0 Å². The minimum Gasteiger partial charge on any atom is -0.494 e. The van der Waals surface area contributed by atoms with Crippen molar-refractivity contribution in [2.24, 2.45) is 0 Å². The predicted molar refractivity (Wildman–Crippen MR) is 77.9 cm³/mol. The maximum atomic E-state index is 12.8. The maximum Gasteiger partial charge on any atom is 0.165 e. The first-order chi connectivity index (χ1) is 10.1. The lowest BCUT2D eigenvalue weighted by Gasteiger charge is -2.10. The third kappa shape index (κ3) is 4.13. The van der Waals surface area contributed by atoms with Crippen molar-refractivity contribution in [3.8, 4) is 5.75 Å². The van der Waals surface area contributed by atoms with E-state index in [4.69, 9.17) is 4.74 Å². The van der Waals surface area contributed by atoms with Gasteiger partial charge in [0, 0.05) is 12.0 Å². The van der Waals surface area contributed by atoms with Crippen LogP contribution >= 0.6 is 0 Å². The van der Waals surface area contributed by atoms with E-state index in [9.17, 15) is 14.3 Å². The number of aliphatic hydroxyl groups is 1. The molecule has 2 aromatic rings. The number of benzene rings is 2. The number of halogens is 1. The molecule has 0 aromatic heterocycles. The predicted octanol–water partition coefficient (Wildman–Crippen LogP) is 3.53. The molecule has 0 saturated carbocycles. The van der Waals surface area contributed by atoms with Gasteiger partial charge in [0.15, 0.2) is 5.78 Å². The zero-order chi connectivity index (χ0) is 15.2. The van der Waals surface area contributed by atoms with E-state index in [2.05, 4.69) is 0 Å². The lowest BCUT2D eigenvalue weighted by Crippen LogP contribution is -2.07. The minimum atomic E-state index is -0.940. The van der Waals surface area contributed by atoms with Crippen LogP contribution in [0.4, 0.5) is 4.39 Å². The Morgan fingerprint density at radius 1 is 1.14 bits per heavy atom. The molecule has 2 aromatic carbocycles. The Hall–Kier alpha value is -2.20. The number of rotatable bonds is 6. The number of carbonyl (C=O) groups excluding carboxylic acids is 1. The van der Waals surface area contributed by atoms with Crippen LogP contribution in [0, 0.1) is 5.82 Å². The highest BCUT2D eigenvalue weighted by atomic mass is 19.1. The number of Topliss-reactive ketones (excluding diaryl/α,β-unsaturated/α-hetero) is 1. The molecule has 0 aliphatic heterocycles. The molecule has 0 aliphatic rings. The highest BCUT2D eigenvalue weighted by Gasteiger charge is 2.14. The molecule has 0 saturated heterocycles. The average Bonchev–Trinajstić information content (AvgIpc) is 2.49. The van der Waals surface area contributed by atoms with Gasteiger partial charge in [0.05, 0.1) is 12.7 Å².